The van der Waals surface area contributed by atoms with E-state index in [-0.39, 0.29) is 30.1 Å². The largest absolute Gasteiger partial charge is 0.465 e. The molecular formula is C11H19NO4S. The average molecular weight is 261 g/mol. The second-order valence-electron chi connectivity index (χ2n) is 4.93. The highest BCUT2D eigenvalue weighted by atomic mass is 32.2. The molecule has 1 atom stereocenters. The monoisotopic (exact) mass is 261 g/mol. The second-order valence-corrected chi connectivity index (χ2v) is 7.16. The molecule has 1 N–H and O–H groups in total. The minimum absolute atomic E-state index is 0.0871. The zero-order valence-electron chi connectivity index (χ0n) is 9.85. The van der Waals surface area contributed by atoms with Crippen LogP contribution in [0.2, 0.25) is 0 Å². The Morgan fingerprint density at radius 1 is 1.29 bits per heavy atom. The van der Waals surface area contributed by atoms with Gasteiger partial charge in [0.15, 0.2) is 9.84 Å². The first-order valence-electron chi connectivity index (χ1n) is 6.14. The van der Waals surface area contributed by atoms with E-state index in [0.717, 1.165) is 12.3 Å². The lowest BCUT2D eigenvalue weighted by Crippen LogP contribution is -2.35. The van der Waals surface area contributed by atoms with Gasteiger partial charge >= 0.3 is 5.97 Å². The summed E-state index contributed by atoms with van der Waals surface area (Å²) >= 11 is 0. The Labute approximate surface area is 102 Å². The molecule has 5 nitrogen and oxygen atoms in total. The van der Waals surface area contributed by atoms with Crippen molar-refractivity contribution >= 4 is 15.8 Å². The van der Waals surface area contributed by atoms with Crippen molar-refractivity contribution in [3.63, 3.8) is 0 Å². The lowest BCUT2D eigenvalue weighted by atomic mass is 10.3. The maximum Gasteiger partial charge on any atom is 0.319 e. The Kier molecular flexibility index (Phi) is 4.04. The molecule has 17 heavy (non-hydrogen) atoms. The van der Waals surface area contributed by atoms with Crippen LogP contribution in [0.4, 0.5) is 0 Å². The van der Waals surface area contributed by atoms with Gasteiger partial charge in [-0.15, -0.1) is 0 Å². The summed E-state index contributed by atoms with van der Waals surface area (Å²) in [6.45, 7) is 0.610. The maximum absolute atomic E-state index is 11.3. The van der Waals surface area contributed by atoms with Gasteiger partial charge in [0.25, 0.3) is 0 Å². The molecule has 0 aromatic carbocycles. The predicted octanol–water partition coefficient (Wildman–Crippen LogP) is 0.106. The highest BCUT2D eigenvalue weighted by Gasteiger charge is 2.28. The topological polar surface area (TPSA) is 72.5 Å². The molecule has 0 amide bonds. The van der Waals surface area contributed by atoms with Gasteiger partial charge in [0, 0.05) is 6.04 Å². The van der Waals surface area contributed by atoms with Gasteiger partial charge in [-0.3, -0.25) is 4.79 Å². The summed E-state index contributed by atoms with van der Waals surface area (Å²) in [7, 11) is -2.88. The minimum Gasteiger partial charge on any atom is -0.465 e. The van der Waals surface area contributed by atoms with Crippen molar-refractivity contribution in [2.75, 3.05) is 24.7 Å². The van der Waals surface area contributed by atoms with Crippen LogP contribution in [0.5, 0.6) is 0 Å². The minimum atomic E-state index is -2.88. The Hall–Kier alpha value is -0.620. The number of rotatable bonds is 6. The van der Waals surface area contributed by atoms with Crippen LogP contribution in [0.25, 0.3) is 0 Å². The maximum atomic E-state index is 11.3. The fourth-order valence-electron chi connectivity index (χ4n) is 1.98. The highest BCUT2D eigenvalue weighted by Crippen LogP contribution is 2.32. The number of sulfone groups is 1. The normalized spacial score (nSPS) is 26.9. The van der Waals surface area contributed by atoms with Gasteiger partial charge < -0.3 is 10.1 Å². The third kappa shape index (κ3) is 4.63. The molecule has 0 aromatic heterocycles. The summed E-state index contributed by atoms with van der Waals surface area (Å²) in [6.07, 6.45) is 4.08. The smallest absolute Gasteiger partial charge is 0.319 e. The van der Waals surface area contributed by atoms with Crippen LogP contribution in [-0.4, -0.2) is 45.1 Å². The second kappa shape index (κ2) is 5.35. The standard InChI is InChI=1S/C11H19NO4S/c13-11(16-5-3-9-1-2-9)7-12-10-4-6-17(14,15)8-10/h9-10,12H,1-8H2. The van der Waals surface area contributed by atoms with E-state index in [0.29, 0.717) is 13.0 Å². The molecule has 98 valence electrons. The van der Waals surface area contributed by atoms with Gasteiger partial charge in [-0.25, -0.2) is 8.42 Å². The first kappa shape index (κ1) is 12.8. The van der Waals surface area contributed by atoms with Gasteiger partial charge in [0.1, 0.15) is 0 Å². The molecule has 1 saturated carbocycles. The van der Waals surface area contributed by atoms with Crippen LogP contribution >= 0.6 is 0 Å². The first-order chi connectivity index (χ1) is 8.05. The van der Waals surface area contributed by atoms with Crippen LogP contribution in [-0.2, 0) is 19.4 Å². The number of nitrogens with one attached hydrogen (secondary N) is 1. The summed E-state index contributed by atoms with van der Waals surface area (Å²) in [5.41, 5.74) is 0. The van der Waals surface area contributed by atoms with Gasteiger partial charge in [0.05, 0.1) is 24.7 Å². The number of ether oxygens (including phenoxy) is 1. The third-order valence-corrected chi connectivity index (χ3v) is 5.02. The van der Waals surface area contributed by atoms with E-state index in [1.807, 2.05) is 0 Å². The summed E-state index contributed by atoms with van der Waals surface area (Å²) < 4.78 is 27.4. The lowest BCUT2D eigenvalue weighted by Gasteiger charge is -2.10. The summed E-state index contributed by atoms with van der Waals surface area (Å²) in [5, 5.41) is 2.94. The van der Waals surface area contributed by atoms with Gasteiger partial charge in [-0.2, -0.15) is 0 Å². The Bertz CT molecular complexity index is 375. The summed E-state index contributed by atoms with van der Waals surface area (Å²) in [6, 6.07) is -0.0871. The highest BCUT2D eigenvalue weighted by molar-refractivity contribution is 7.91. The van der Waals surface area contributed by atoms with E-state index in [4.69, 9.17) is 4.74 Å². The molecule has 0 aromatic rings. The Morgan fingerprint density at radius 2 is 2.06 bits per heavy atom. The van der Waals surface area contributed by atoms with Crippen LogP contribution in [0.3, 0.4) is 0 Å². The fraction of sp³-hybridized carbons (Fsp3) is 0.909. The van der Waals surface area contributed by atoms with E-state index in [1.165, 1.54) is 12.8 Å². The number of hydrogen-bond acceptors (Lipinski definition) is 5. The Morgan fingerprint density at radius 3 is 2.65 bits per heavy atom. The molecule has 1 aliphatic heterocycles. The van der Waals surface area contributed by atoms with Gasteiger partial charge in [-0.1, -0.05) is 12.8 Å². The van der Waals surface area contributed by atoms with E-state index in [2.05, 4.69) is 5.32 Å². The van der Waals surface area contributed by atoms with E-state index >= 15 is 0 Å². The molecule has 6 heteroatoms. The predicted molar refractivity (Wildman–Crippen MR) is 63.4 cm³/mol. The number of esters is 1. The molecule has 1 saturated heterocycles. The lowest BCUT2D eigenvalue weighted by molar-refractivity contribution is -0.142. The number of carbonyl (C=O) groups is 1. The molecule has 0 radical (unpaired) electrons. The molecule has 1 heterocycles. The SMILES string of the molecule is O=C(CNC1CCS(=O)(=O)C1)OCCC1CC1. The molecule has 2 fully saturated rings. The van der Waals surface area contributed by atoms with Crippen LogP contribution < -0.4 is 5.32 Å². The molecule has 1 aliphatic carbocycles. The van der Waals surface area contributed by atoms with Crippen molar-refractivity contribution < 1.29 is 17.9 Å². The van der Waals surface area contributed by atoms with Crippen molar-refractivity contribution in [2.45, 2.75) is 31.7 Å². The number of hydrogen-bond donors (Lipinski definition) is 1. The van der Waals surface area contributed by atoms with Gasteiger partial charge in [0.2, 0.25) is 0 Å². The van der Waals surface area contributed by atoms with E-state index in [9.17, 15) is 13.2 Å². The number of carbonyl (C=O) groups excluding carboxylic acids is 1. The van der Waals surface area contributed by atoms with Crippen LogP contribution in [0.15, 0.2) is 0 Å². The van der Waals surface area contributed by atoms with Crippen molar-refractivity contribution in [3.05, 3.63) is 0 Å². The van der Waals surface area contributed by atoms with Crippen molar-refractivity contribution in [1.82, 2.24) is 5.32 Å². The summed E-state index contributed by atoms with van der Waals surface area (Å²) in [5.74, 6) is 0.842. The summed E-state index contributed by atoms with van der Waals surface area (Å²) in [4.78, 5) is 11.3. The quantitative estimate of drug-likeness (QED) is 0.687. The molecular weight excluding hydrogens is 242 g/mol. The Balaban J connectivity index is 1.56. The fourth-order valence-corrected chi connectivity index (χ4v) is 3.69. The molecule has 0 spiro atoms. The molecule has 1 unspecified atom stereocenters. The van der Waals surface area contributed by atoms with Crippen LogP contribution in [0.1, 0.15) is 25.7 Å². The first-order valence-corrected chi connectivity index (χ1v) is 7.97. The van der Waals surface area contributed by atoms with E-state index in [1.54, 1.807) is 0 Å². The molecule has 2 rings (SSSR count). The zero-order valence-corrected chi connectivity index (χ0v) is 10.7. The van der Waals surface area contributed by atoms with E-state index < -0.39 is 9.84 Å². The van der Waals surface area contributed by atoms with Gasteiger partial charge in [-0.05, 0) is 18.8 Å². The van der Waals surface area contributed by atoms with Crippen molar-refractivity contribution in [1.29, 1.82) is 0 Å². The van der Waals surface area contributed by atoms with Crippen LogP contribution in [0, 0.1) is 5.92 Å². The zero-order chi connectivity index (χ0) is 12.3. The van der Waals surface area contributed by atoms with Crippen molar-refractivity contribution in [2.24, 2.45) is 5.92 Å². The molecule has 2 aliphatic rings. The molecule has 0 bridgehead atoms. The average Bonchev–Trinajstić information content (AvgIpc) is 3.00. The van der Waals surface area contributed by atoms with Crippen molar-refractivity contribution in [3.8, 4) is 0 Å². The third-order valence-electron chi connectivity index (χ3n) is 3.25.